The lowest BCUT2D eigenvalue weighted by molar-refractivity contribution is -0.116. The van der Waals surface area contributed by atoms with E-state index in [4.69, 9.17) is 4.74 Å². The number of methoxy groups -OCH3 is 1. The van der Waals surface area contributed by atoms with Gasteiger partial charge in [-0.1, -0.05) is 18.2 Å². The summed E-state index contributed by atoms with van der Waals surface area (Å²) in [6.45, 7) is 0.314. The molecule has 0 aliphatic heterocycles. The van der Waals surface area contributed by atoms with Crippen molar-refractivity contribution in [2.24, 2.45) is 0 Å². The number of hydrogen-bond acceptors (Lipinski definition) is 4. The van der Waals surface area contributed by atoms with Gasteiger partial charge in [-0.25, -0.2) is 17.1 Å². The van der Waals surface area contributed by atoms with Crippen LogP contribution >= 0.6 is 0 Å². The summed E-state index contributed by atoms with van der Waals surface area (Å²) < 4.78 is 43.5. The minimum atomic E-state index is -3.45. The number of carbonyl (C=O) groups is 1. The van der Waals surface area contributed by atoms with Crippen LogP contribution in [0.1, 0.15) is 12.0 Å². The lowest BCUT2D eigenvalue weighted by atomic mass is 10.1. The zero-order valence-electron chi connectivity index (χ0n) is 15.3. The molecule has 0 spiro atoms. The fourth-order valence-electron chi connectivity index (χ4n) is 2.51. The van der Waals surface area contributed by atoms with Crippen molar-refractivity contribution >= 4 is 21.6 Å². The largest absolute Gasteiger partial charge is 0.497 e. The van der Waals surface area contributed by atoms with E-state index in [2.05, 4.69) is 5.32 Å². The number of ether oxygens (including phenoxy) is 1. The van der Waals surface area contributed by atoms with Crippen LogP contribution in [0, 0.1) is 5.82 Å². The third-order valence-corrected chi connectivity index (χ3v) is 5.28. The highest BCUT2D eigenvalue weighted by Crippen LogP contribution is 2.13. The normalized spacial score (nSPS) is 11.4. The van der Waals surface area contributed by atoms with E-state index >= 15 is 0 Å². The Morgan fingerprint density at radius 2 is 1.85 bits per heavy atom. The molecule has 27 heavy (non-hydrogen) atoms. The van der Waals surface area contributed by atoms with Gasteiger partial charge in [0.25, 0.3) is 0 Å². The number of nitrogens with one attached hydrogen (secondary N) is 1. The predicted molar refractivity (Wildman–Crippen MR) is 103 cm³/mol. The molecule has 0 bridgehead atoms. The third kappa shape index (κ3) is 6.99. The molecule has 0 fully saturated rings. The highest BCUT2D eigenvalue weighted by Gasteiger charge is 2.18. The van der Waals surface area contributed by atoms with Crippen molar-refractivity contribution in [1.29, 1.82) is 0 Å². The van der Waals surface area contributed by atoms with Crippen LogP contribution in [0.3, 0.4) is 0 Å². The molecule has 1 N–H and O–H groups in total. The lowest BCUT2D eigenvalue weighted by Crippen LogP contribution is -2.34. The van der Waals surface area contributed by atoms with Gasteiger partial charge in [-0.3, -0.25) is 4.79 Å². The molecule has 1 amide bonds. The van der Waals surface area contributed by atoms with Crippen LogP contribution in [0.25, 0.3) is 0 Å². The topological polar surface area (TPSA) is 75.7 Å². The van der Waals surface area contributed by atoms with Crippen molar-refractivity contribution in [3.05, 3.63) is 59.9 Å². The van der Waals surface area contributed by atoms with Crippen LogP contribution in [0.2, 0.25) is 0 Å². The number of amides is 1. The van der Waals surface area contributed by atoms with Crippen molar-refractivity contribution in [2.75, 3.05) is 31.8 Å². The first-order valence-electron chi connectivity index (χ1n) is 8.41. The summed E-state index contributed by atoms with van der Waals surface area (Å²) in [5, 5.41) is 2.56. The van der Waals surface area contributed by atoms with Crippen LogP contribution in [0.5, 0.6) is 5.75 Å². The van der Waals surface area contributed by atoms with E-state index in [1.165, 1.54) is 22.5 Å². The van der Waals surface area contributed by atoms with E-state index in [0.29, 0.717) is 12.1 Å². The Morgan fingerprint density at radius 1 is 1.15 bits per heavy atom. The second kappa shape index (κ2) is 9.48. The molecule has 146 valence electrons. The van der Waals surface area contributed by atoms with E-state index in [1.807, 2.05) is 24.3 Å². The van der Waals surface area contributed by atoms with Gasteiger partial charge in [0, 0.05) is 25.2 Å². The molecule has 0 aliphatic rings. The van der Waals surface area contributed by atoms with Crippen molar-refractivity contribution < 1.29 is 22.3 Å². The average molecular weight is 394 g/mol. The van der Waals surface area contributed by atoms with Crippen LogP contribution in [0.4, 0.5) is 10.1 Å². The van der Waals surface area contributed by atoms with Crippen molar-refractivity contribution in [2.45, 2.75) is 12.8 Å². The number of rotatable bonds is 9. The van der Waals surface area contributed by atoms with Crippen LogP contribution in [-0.4, -0.2) is 45.1 Å². The molecule has 0 heterocycles. The molecule has 0 saturated heterocycles. The van der Waals surface area contributed by atoms with Crippen LogP contribution in [-0.2, 0) is 21.2 Å². The molecule has 2 rings (SSSR count). The number of nitrogens with zero attached hydrogens (tertiary/aromatic N) is 1. The van der Waals surface area contributed by atoms with Crippen molar-refractivity contribution in [3.63, 3.8) is 0 Å². The Morgan fingerprint density at radius 3 is 2.44 bits per heavy atom. The Bertz CT molecular complexity index is 870. The maximum atomic E-state index is 13.2. The summed E-state index contributed by atoms with van der Waals surface area (Å²) in [7, 11) is -1.88. The SMILES string of the molecule is COc1ccc(CCN(CCC(=O)Nc2cccc(F)c2)S(C)(=O)=O)cc1. The van der Waals surface area contributed by atoms with E-state index < -0.39 is 15.8 Å². The molecule has 0 atom stereocenters. The quantitative estimate of drug-likeness (QED) is 0.710. The third-order valence-electron chi connectivity index (χ3n) is 3.97. The van der Waals surface area contributed by atoms with Crippen LogP contribution in [0.15, 0.2) is 48.5 Å². The molecule has 0 radical (unpaired) electrons. The van der Waals surface area contributed by atoms with Crippen molar-refractivity contribution in [3.8, 4) is 5.75 Å². The summed E-state index contributed by atoms with van der Waals surface area (Å²) >= 11 is 0. The number of halogens is 1. The zero-order valence-corrected chi connectivity index (χ0v) is 16.1. The van der Waals surface area contributed by atoms with Gasteiger partial charge in [0.2, 0.25) is 15.9 Å². The standard InChI is InChI=1S/C19H23FN2O4S/c1-26-18-8-6-15(7-9-18)10-12-22(27(2,24)25)13-11-19(23)21-17-5-3-4-16(20)14-17/h3-9,14H,10-13H2,1-2H3,(H,21,23). The summed E-state index contributed by atoms with van der Waals surface area (Å²) in [5.74, 6) is -0.100. The Balaban J connectivity index is 1.91. The second-order valence-corrected chi connectivity index (χ2v) is 8.05. The molecule has 0 aliphatic carbocycles. The van der Waals surface area contributed by atoms with Crippen LogP contribution < -0.4 is 10.1 Å². The number of anilines is 1. The molecule has 2 aromatic rings. The minimum absolute atomic E-state index is 0.0216. The fraction of sp³-hybridized carbons (Fsp3) is 0.316. The lowest BCUT2D eigenvalue weighted by Gasteiger charge is -2.19. The van der Waals surface area contributed by atoms with Gasteiger partial charge in [-0.2, -0.15) is 0 Å². The number of benzene rings is 2. The summed E-state index contributed by atoms with van der Waals surface area (Å²) in [5.41, 5.74) is 1.30. The molecular weight excluding hydrogens is 371 g/mol. The average Bonchev–Trinajstić information content (AvgIpc) is 2.61. The predicted octanol–water partition coefficient (Wildman–Crippen LogP) is 2.67. The van der Waals surface area contributed by atoms with E-state index in [9.17, 15) is 17.6 Å². The van der Waals surface area contributed by atoms with Gasteiger partial charge >= 0.3 is 0 Å². The molecule has 0 saturated carbocycles. The summed E-state index contributed by atoms with van der Waals surface area (Å²) in [4.78, 5) is 12.0. The highest BCUT2D eigenvalue weighted by atomic mass is 32.2. The first-order chi connectivity index (χ1) is 12.8. The van der Waals surface area contributed by atoms with E-state index in [1.54, 1.807) is 13.2 Å². The van der Waals surface area contributed by atoms with Gasteiger partial charge in [0.15, 0.2) is 0 Å². The molecule has 2 aromatic carbocycles. The van der Waals surface area contributed by atoms with Gasteiger partial charge in [-0.15, -0.1) is 0 Å². The maximum absolute atomic E-state index is 13.2. The Kier molecular flexibility index (Phi) is 7.32. The summed E-state index contributed by atoms with van der Waals surface area (Å²) in [6.07, 6.45) is 1.61. The second-order valence-electron chi connectivity index (χ2n) is 6.07. The fourth-order valence-corrected chi connectivity index (χ4v) is 3.35. The first-order valence-corrected chi connectivity index (χ1v) is 10.3. The van der Waals surface area contributed by atoms with E-state index in [0.717, 1.165) is 17.6 Å². The molecule has 0 aromatic heterocycles. The van der Waals surface area contributed by atoms with Crippen molar-refractivity contribution in [1.82, 2.24) is 4.31 Å². The zero-order chi connectivity index (χ0) is 19.9. The molecule has 6 nitrogen and oxygen atoms in total. The minimum Gasteiger partial charge on any atom is -0.497 e. The Labute approximate surface area is 159 Å². The number of carbonyl (C=O) groups excluding carboxylic acids is 1. The van der Waals surface area contributed by atoms with Gasteiger partial charge in [-0.05, 0) is 42.3 Å². The monoisotopic (exact) mass is 394 g/mol. The Hall–Kier alpha value is -2.45. The highest BCUT2D eigenvalue weighted by molar-refractivity contribution is 7.88. The molecule has 0 unspecified atom stereocenters. The van der Waals surface area contributed by atoms with E-state index in [-0.39, 0.29) is 25.4 Å². The number of sulfonamides is 1. The molecular formula is C19H23FN2O4S. The van der Waals surface area contributed by atoms with Gasteiger partial charge in [0.1, 0.15) is 11.6 Å². The first kappa shape index (κ1) is 20.9. The maximum Gasteiger partial charge on any atom is 0.225 e. The summed E-state index contributed by atoms with van der Waals surface area (Å²) in [6, 6.07) is 12.9. The van der Waals surface area contributed by atoms with Gasteiger partial charge < -0.3 is 10.1 Å². The smallest absolute Gasteiger partial charge is 0.225 e. The molecule has 8 heteroatoms. The van der Waals surface area contributed by atoms with Gasteiger partial charge in [0.05, 0.1) is 13.4 Å². The number of hydrogen-bond donors (Lipinski definition) is 1.